The fourth-order valence-electron chi connectivity index (χ4n) is 4.63. The average Bonchev–Trinajstić information content (AvgIpc) is 2.90. The SMILES string of the molecule is Cc1nc2c(cc1C(=O)N1CCS(=O)(=O)C3(CCCCC3)C1)c(C)nn2C. The number of aryl methyl sites for hydroxylation is 3. The van der Waals surface area contributed by atoms with Crippen molar-refractivity contribution in [3.05, 3.63) is 23.0 Å². The van der Waals surface area contributed by atoms with Crippen LogP contribution in [0.5, 0.6) is 0 Å². The van der Waals surface area contributed by atoms with Crippen LogP contribution in [-0.4, -0.2) is 57.6 Å². The van der Waals surface area contributed by atoms with Crippen molar-refractivity contribution >= 4 is 26.8 Å². The molecule has 0 unspecified atom stereocenters. The number of aromatic nitrogens is 3. The maximum Gasteiger partial charge on any atom is 0.255 e. The number of fused-ring (bicyclic) bond motifs is 1. The summed E-state index contributed by atoms with van der Waals surface area (Å²) < 4.78 is 26.5. The number of carbonyl (C=O) groups is 1. The fraction of sp³-hybridized carbons (Fsp3) is 0.632. The van der Waals surface area contributed by atoms with Crippen LogP contribution in [0.25, 0.3) is 11.0 Å². The molecule has 2 aromatic rings. The lowest BCUT2D eigenvalue weighted by molar-refractivity contribution is 0.0722. The number of rotatable bonds is 1. The van der Waals surface area contributed by atoms with Gasteiger partial charge in [-0.3, -0.25) is 9.48 Å². The van der Waals surface area contributed by atoms with Gasteiger partial charge in [-0.15, -0.1) is 0 Å². The summed E-state index contributed by atoms with van der Waals surface area (Å²) in [5, 5.41) is 5.25. The molecule has 146 valence electrons. The van der Waals surface area contributed by atoms with Gasteiger partial charge in [-0.05, 0) is 32.8 Å². The zero-order valence-electron chi connectivity index (χ0n) is 16.2. The zero-order valence-corrected chi connectivity index (χ0v) is 17.0. The lowest BCUT2D eigenvalue weighted by Gasteiger charge is -2.44. The lowest BCUT2D eigenvalue weighted by atomic mass is 9.87. The summed E-state index contributed by atoms with van der Waals surface area (Å²) in [6.45, 7) is 4.29. The molecule has 2 aromatic heterocycles. The zero-order chi connectivity index (χ0) is 19.4. The van der Waals surface area contributed by atoms with Gasteiger partial charge < -0.3 is 4.90 Å². The van der Waals surface area contributed by atoms with Gasteiger partial charge in [0.25, 0.3) is 5.91 Å². The number of hydrogen-bond donors (Lipinski definition) is 0. The fourth-order valence-corrected chi connectivity index (χ4v) is 6.79. The summed E-state index contributed by atoms with van der Waals surface area (Å²) in [6.07, 6.45) is 4.24. The van der Waals surface area contributed by atoms with Crippen molar-refractivity contribution < 1.29 is 13.2 Å². The Morgan fingerprint density at radius 3 is 2.56 bits per heavy atom. The van der Waals surface area contributed by atoms with Crippen LogP contribution in [0.15, 0.2) is 6.07 Å². The molecule has 2 fully saturated rings. The molecule has 3 heterocycles. The highest BCUT2D eigenvalue weighted by molar-refractivity contribution is 7.92. The Morgan fingerprint density at radius 2 is 1.85 bits per heavy atom. The summed E-state index contributed by atoms with van der Waals surface area (Å²) in [5.41, 5.74) is 2.79. The molecule has 0 radical (unpaired) electrons. The van der Waals surface area contributed by atoms with Gasteiger partial charge in [0.1, 0.15) is 0 Å². The number of hydrogen-bond acceptors (Lipinski definition) is 5. The Hall–Kier alpha value is -1.96. The van der Waals surface area contributed by atoms with Crippen molar-refractivity contribution in [3.8, 4) is 0 Å². The Balaban J connectivity index is 1.70. The van der Waals surface area contributed by atoms with Crippen LogP contribution in [0.3, 0.4) is 0 Å². The summed E-state index contributed by atoms with van der Waals surface area (Å²) in [5.74, 6) is -0.0654. The maximum atomic E-state index is 13.3. The van der Waals surface area contributed by atoms with Crippen molar-refractivity contribution in [1.82, 2.24) is 19.7 Å². The molecule has 4 rings (SSSR count). The molecule has 7 nitrogen and oxygen atoms in total. The van der Waals surface area contributed by atoms with Crippen LogP contribution in [-0.2, 0) is 16.9 Å². The summed E-state index contributed by atoms with van der Waals surface area (Å²) >= 11 is 0. The molecule has 2 aliphatic rings. The van der Waals surface area contributed by atoms with E-state index < -0.39 is 14.6 Å². The van der Waals surface area contributed by atoms with E-state index in [-0.39, 0.29) is 18.2 Å². The summed E-state index contributed by atoms with van der Waals surface area (Å²) in [7, 11) is -1.33. The van der Waals surface area contributed by atoms with Crippen molar-refractivity contribution in [2.24, 2.45) is 7.05 Å². The van der Waals surface area contributed by atoms with Crippen molar-refractivity contribution in [1.29, 1.82) is 0 Å². The van der Waals surface area contributed by atoms with Crippen LogP contribution in [0, 0.1) is 13.8 Å². The van der Waals surface area contributed by atoms with E-state index in [0.29, 0.717) is 30.6 Å². The normalized spacial score (nSPS) is 21.7. The van der Waals surface area contributed by atoms with Crippen LogP contribution >= 0.6 is 0 Å². The average molecular weight is 391 g/mol. The van der Waals surface area contributed by atoms with Gasteiger partial charge in [-0.25, -0.2) is 13.4 Å². The van der Waals surface area contributed by atoms with Gasteiger partial charge in [0.15, 0.2) is 15.5 Å². The minimum atomic E-state index is -3.17. The second kappa shape index (κ2) is 6.29. The van der Waals surface area contributed by atoms with Crippen LogP contribution in [0.2, 0.25) is 0 Å². The van der Waals surface area contributed by atoms with Crippen LogP contribution in [0.1, 0.15) is 53.8 Å². The third kappa shape index (κ3) is 2.85. The molecule has 1 spiro atoms. The Bertz CT molecular complexity index is 1020. The molecule has 1 aliphatic heterocycles. The number of sulfone groups is 1. The Labute approximate surface area is 159 Å². The van der Waals surface area contributed by atoms with E-state index in [1.165, 1.54) is 0 Å². The quantitative estimate of drug-likeness (QED) is 0.745. The topological polar surface area (TPSA) is 85.2 Å². The summed E-state index contributed by atoms with van der Waals surface area (Å²) in [6, 6.07) is 1.86. The molecule has 1 aliphatic carbocycles. The second-order valence-electron chi connectivity index (χ2n) is 7.99. The predicted molar refractivity (Wildman–Crippen MR) is 103 cm³/mol. The van der Waals surface area contributed by atoms with Crippen LogP contribution < -0.4 is 0 Å². The van der Waals surface area contributed by atoms with E-state index in [9.17, 15) is 13.2 Å². The number of carbonyl (C=O) groups excluding carboxylic acids is 1. The van der Waals surface area contributed by atoms with E-state index in [2.05, 4.69) is 10.1 Å². The van der Waals surface area contributed by atoms with Crippen molar-refractivity contribution in [3.63, 3.8) is 0 Å². The smallest absolute Gasteiger partial charge is 0.255 e. The maximum absolute atomic E-state index is 13.3. The standard InChI is InChI=1S/C19H26N4O3S/c1-13-16(11-15-14(2)21-22(3)17(15)20-13)18(24)23-9-10-27(25,26)19(12-23)7-5-4-6-8-19/h11H,4-10,12H2,1-3H3. The third-order valence-corrected chi connectivity index (χ3v) is 8.82. The van der Waals surface area contributed by atoms with E-state index in [1.807, 2.05) is 27.0 Å². The highest BCUT2D eigenvalue weighted by Crippen LogP contribution is 2.39. The van der Waals surface area contributed by atoms with Gasteiger partial charge in [-0.1, -0.05) is 19.3 Å². The molecule has 0 atom stereocenters. The molecule has 1 amide bonds. The monoisotopic (exact) mass is 390 g/mol. The number of nitrogens with zero attached hydrogens (tertiary/aromatic N) is 4. The Morgan fingerprint density at radius 1 is 1.15 bits per heavy atom. The molecule has 8 heteroatoms. The molecule has 0 bridgehead atoms. The highest BCUT2D eigenvalue weighted by Gasteiger charge is 2.49. The third-order valence-electron chi connectivity index (χ3n) is 6.24. The van der Waals surface area contributed by atoms with Crippen molar-refractivity contribution in [2.45, 2.75) is 50.7 Å². The highest BCUT2D eigenvalue weighted by atomic mass is 32.2. The van der Waals surface area contributed by atoms with E-state index in [4.69, 9.17) is 0 Å². The molecule has 1 saturated carbocycles. The van der Waals surface area contributed by atoms with Gasteiger partial charge in [0, 0.05) is 25.5 Å². The second-order valence-corrected chi connectivity index (χ2v) is 10.5. The first kappa shape index (κ1) is 18.4. The largest absolute Gasteiger partial charge is 0.336 e. The first-order valence-corrected chi connectivity index (χ1v) is 11.2. The molecule has 0 N–H and O–H groups in total. The van der Waals surface area contributed by atoms with Gasteiger partial charge in [-0.2, -0.15) is 5.10 Å². The number of amides is 1. The van der Waals surface area contributed by atoms with Gasteiger partial charge in [0.05, 0.1) is 27.5 Å². The van der Waals surface area contributed by atoms with E-state index in [0.717, 1.165) is 36.0 Å². The first-order chi connectivity index (χ1) is 12.7. The van der Waals surface area contributed by atoms with Crippen molar-refractivity contribution in [2.75, 3.05) is 18.8 Å². The molecular formula is C19H26N4O3S. The van der Waals surface area contributed by atoms with Gasteiger partial charge in [0.2, 0.25) is 0 Å². The lowest BCUT2D eigenvalue weighted by Crippen LogP contribution is -2.58. The molecular weight excluding hydrogens is 364 g/mol. The Kier molecular flexibility index (Phi) is 4.29. The minimum absolute atomic E-state index is 0.0549. The molecule has 27 heavy (non-hydrogen) atoms. The van der Waals surface area contributed by atoms with Crippen LogP contribution in [0.4, 0.5) is 0 Å². The van der Waals surface area contributed by atoms with E-state index >= 15 is 0 Å². The van der Waals surface area contributed by atoms with E-state index in [1.54, 1.807) is 9.58 Å². The van der Waals surface area contributed by atoms with Gasteiger partial charge >= 0.3 is 0 Å². The minimum Gasteiger partial charge on any atom is -0.336 e. The predicted octanol–water partition coefficient (Wildman–Crippen LogP) is 2.16. The number of pyridine rings is 1. The summed E-state index contributed by atoms with van der Waals surface area (Å²) in [4.78, 5) is 19.6. The molecule has 1 saturated heterocycles. The first-order valence-electron chi connectivity index (χ1n) is 9.57. The molecule has 0 aromatic carbocycles.